The third kappa shape index (κ3) is 7.63. The monoisotopic (exact) mass is 294 g/mol. The van der Waals surface area contributed by atoms with Crippen molar-refractivity contribution in [2.24, 2.45) is 0 Å². The highest BCUT2D eigenvalue weighted by Gasteiger charge is 2.05. The minimum atomic E-state index is -0.148. The van der Waals surface area contributed by atoms with Crippen molar-refractivity contribution >= 4 is 11.6 Å². The van der Waals surface area contributed by atoms with E-state index in [4.69, 9.17) is 4.74 Å². The van der Waals surface area contributed by atoms with Crippen LogP contribution in [0, 0.1) is 0 Å². The highest BCUT2D eigenvalue weighted by Crippen LogP contribution is 2.06. The molecule has 1 aromatic heterocycles. The minimum absolute atomic E-state index is 0.148. The first-order chi connectivity index (χ1) is 10.1. The lowest BCUT2D eigenvalue weighted by Gasteiger charge is -2.10. The number of ether oxygens (including phenoxy) is 1. The molecule has 1 rings (SSSR count). The summed E-state index contributed by atoms with van der Waals surface area (Å²) in [7, 11) is 5.76. The Morgan fingerprint density at radius 1 is 1.29 bits per heavy atom. The Bertz CT molecular complexity index is 407. The summed E-state index contributed by atoms with van der Waals surface area (Å²) < 4.78 is 4.93. The molecule has 118 valence electrons. The Kier molecular flexibility index (Phi) is 8.38. The summed E-state index contributed by atoms with van der Waals surface area (Å²) in [6.45, 7) is 3.17. The van der Waals surface area contributed by atoms with Gasteiger partial charge in [-0.2, -0.15) is 0 Å². The van der Waals surface area contributed by atoms with Crippen LogP contribution >= 0.6 is 0 Å². The summed E-state index contributed by atoms with van der Waals surface area (Å²) in [5.41, 5.74) is 1.37. The number of pyridine rings is 1. The zero-order valence-corrected chi connectivity index (χ0v) is 13.2. The lowest BCUT2D eigenvalue weighted by Crippen LogP contribution is -2.26. The van der Waals surface area contributed by atoms with Crippen molar-refractivity contribution in [3.8, 4) is 0 Å². The molecule has 0 fully saturated rings. The van der Waals surface area contributed by atoms with Gasteiger partial charge < -0.3 is 20.3 Å². The molecular formula is C15H26N4O2. The van der Waals surface area contributed by atoms with Crippen LogP contribution in [0.2, 0.25) is 0 Å². The molecule has 0 aliphatic rings. The number of nitrogens with zero attached hydrogens (tertiary/aromatic N) is 2. The smallest absolute Gasteiger partial charge is 0.269 e. The van der Waals surface area contributed by atoms with Crippen LogP contribution in [0.1, 0.15) is 23.3 Å². The molecule has 0 atom stereocenters. The molecule has 0 bridgehead atoms. The van der Waals surface area contributed by atoms with E-state index in [0.29, 0.717) is 18.8 Å². The second kappa shape index (κ2) is 10.1. The van der Waals surface area contributed by atoms with E-state index in [9.17, 15) is 4.79 Å². The average molecular weight is 294 g/mol. The van der Waals surface area contributed by atoms with E-state index in [0.717, 1.165) is 31.6 Å². The number of nitrogens with one attached hydrogen (secondary N) is 2. The van der Waals surface area contributed by atoms with Crippen molar-refractivity contribution in [1.29, 1.82) is 0 Å². The molecule has 0 saturated carbocycles. The predicted octanol–water partition coefficient (Wildman–Crippen LogP) is 1.21. The molecule has 0 aliphatic heterocycles. The van der Waals surface area contributed by atoms with Gasteiger partial charge in [0.15, 0.2) is 0 Å². The highest BCUT2D eigenvalue weighted by atomic mass is 16.5. The van der Waals surface area contributed by atoms with Crippen molar-refractivity contribution in [3.63, 3.8) is 0 Å². The maximum absolute atomic E-state index is 11.8. The Morgan fingerprint density at radius 2 is 2.10 bits per heavy atom. The van der Waals surface area contributed by atoms with Gasteiger partial charge in [-0.25, -0.2) is 4.98 Å². The van der Waals surface area contributed by atoms with Crippen LogP contribution in [0.25, 0.3) is 0 Å². The highest BCUT2D eigenvalue weighted by molar-refractivity contribution is 5.92. The van der Waals surface area contributed by atoms with E-state index in [1.165, 1.54) is 0 Å². The second-order valence-electron chi connectivity index (χ2n) is 5.12. The Balaban J connectivity index is 2.30. The summed E-state index contributed by atoms with van der Waals surface area (Å²) in [4.78, 5) is 18.1. The van der Waals surface area contributed by atoms with E-state index in [2.05, 4.69) is 34.6 Å². The van der Waals surface area contributed by atoms with Crippen LogP contribution in [0.15, 0.2) is 18.3 Å². The van der Waals surface area contributed by atoms with Gasteiger partial charge in [0, 0.05) is 26.8 Å². The molecule has 2 N–H and O–H groups in total. The second-order valence-corrected chi connectivity index (χ2v) is 5.12. The molecule has 0 aliphatic carbocycles. The first kappa shape index (κ1) is 17.4. The largest absolute Gasteiger partial charge is 0.385 e. The maximum Gasteiger partial charge on any atom is 0.269 e. The van der Waals surface area contributed by atoms with Gasteiger partial charge in [-0.3, -0.25) is 4.79 Å². The number of carbonyl (C=O) groups is 1. The van der Waals surface area contributed by atoms with Crippen molar-refractivity contribution in [2.45, 2.75) is 12.8 Å². The molecule has 0 unspecified atom stereocenters. The topological polar surface area (TPSA) is 66.5 Å². The predicted molar refractivity (Wildman–Crippen MR) is 84.7 cm³/mol. The first-order valence-electron chi connectivity index (χ1n) is 7.25. The number of amides is 1. The van der Waals surface area contributed by atoms with Gasteiger partial charge >= 0.3 is 0 Å². The number of rotatable bonds is 10. The third-order valence-corrected chi connectivity index (χ3v) is 2.92. The van der Waals surface area contributed by atoms with Crippen LogP contribution < -0.4 is 10.6 Å². The van der Waals surface area contributed by atoms with Crippen molar-refractivity contribution in [1.82, 2.24) is 15.2 Å². The fourth-order valence-electron chi connectivity index (χ4n) is 1.77. The lowest BCUT2D eigenvalue weighted by molar-refractivity contribution is 0.0943. The Morgan fingerprint density at radius 3 is 2.71 bits per heavy atom. The molecule has 6 heteroatoms. The minimum Gasteiger partial charge on any atom is -0.385 e. The number of hydrogen-bond acceptors (Lipinski definition) is 5. The molecule has 1 heterocycles. The summed E-state index contributed by atoms with van der Waals surface area (Å²) in [5, 5.41) is 6.10. The summed E-state index contributed by atoms with van der Waals surface area (Å²) in [6.07, 6.45) is 3.56. The Hall–Kier alpha value is -1.66. The van der Waals surface area contributed by atoms with Crippen molar-refractivity contribution < 1.29 is 9.53 Å². The SMILES string of the molecule is COCCCNC(=O)c1ccc(NCCCN(C)C)cn1. The molecule has 1 aromatic rings. The fourth-order valence-corrected chi connectivity index (χ4v) is 1.77. The molecule has 21 heavy (non-hydrogen) atoms. The molecule has 6 nitrogen and oxygen atoms in total. The first-order valence-corrected chi connectivity index (χ1v) is 7.25. The fraction of sp³-hybridized carbons (Fsp3) is 0.600. The summed E-state index contributed by atoms with van der Waals surface area (Å²) in [6, 6.07) is 3.62. The van der Waals surface area contributed by atoms with E-state index < -0.39 is 0 Å². The quantitative estimate of drug-likeness (QED) is 0.635. The maximum atomic E-state index is 11.8. The van der Waals surface area contributed by atoms with Crippen molar-refractivity contribution in [3.05, 3.63) is 24.0 Å². The van der Waals surface area contributed by atoms with Crippen LogP contribution in [-0.2, 0) is 4.74 Å². The number of anilines is 1. The van der Waals surface area contributed by atoms with Crippen molar-refractivity contribution in [2.75, 3.05) is 52.8 Å². The van der Waals surface area contributed by atoms with Gasteiger partial charge in [-0.15, -0.1) is 0 Å². The van der Waals surface area contributed by atoms with Crippen LogP contribution in [0.5, 0.6) is 0 Å². The molecule has 0 radical (unpaired) electrons. The molecule has 0 saturated heterocycles. The molecular weight excluding hydrogens is 268 g/mol. The van der Waals surface area contributed by atoms with E-state index in [1.807, 2.05) is 6.07 Å². The van der Waals surface area contributed by atoms with E-state index in [1.54, 1.807) is 19.4 Å². The van der Waals surface area contributed by atoms with Gasteiger partial charge in [0.2, 0.25) is 0 Å². The van der Waals surface area contributed by atoms with E-state index in [-0.39, 0.29) is 5.91 Å². The third-order valence-electron chi connectivity index (χ3n) is 2.92. The van der Waals surface area contributed by atoms with Gasteiger partial charge in [0.25, 0.3) is 5.91 Å². The van der Waals surface area contributed by atoms with Gasteiger partial charge in [0.05, 0.1) is 11.9 Å². The van der Waals surface area contributed by atoms with Crippen LogP contribution in [0.4, 0.5) is 5.69 Å². The Labute approximate surface area is 126 Å². The summed E-state index contributed by atoms with van der Waals surface area (Å²) in [5.74, 6) is -0.148. The van der Waals surface area contributed by atoms with Gasteiger partial charge in [0.1, 0.15) is 5.69 Å². The van der Waals surface area contributed by atoms with Crippen LogP contribution in [-0.4, -0.2) is 63.2 Å². The number of methoxy groups -OCH3 is 1. The molecule has 0 spiro atoms. The zero-order chi connectivity index (χ0) is 15.5. The van der Waals surface area contributed by atoms with Crippen LogP contribution in [0.3, 0.4) is 0 Å². The standard InChI is InChI=1S/C15H26N4O2/c1-19(2)10-4-8-16-13-6-7-14(18-12-13)15(20)17-9-5-11-21-3/h6-7,12,16H,4-5,8-11H2,1-3H3,(H,17,20). The van der Waals surface area contributed by atoms with E-state index >= 15 is 0 Å². The zero-order valence-electron chi connectivity index (χ0n) is 13.2. The normalized spacial score (nSPS) is 10.7. The van der Waals surface area contributed by atoms with Gasteiger partial charge in [-0.1, -0.05) is 0 Å². The molecule has 1 amide bonds. The number of aromatic nitrogens is 1. The summed E-state index contributed by atoms with van der Waals surface area (Å²) >= 11 is 0. The number of carbonyl (C=O) groups excluding carboxylic acids is 1. The van der Waals surface area contributed by atoms with Gasteiger partial charge in [-0.05, 0) is 45.6 Å². The average Bonchev–Trinajstić information content (AvgIpc) is 2.48. The molecule has 0 aromatic carbocycles. The lowest BCUT2D eigenvalue weighted by atomic mass is 10.3. The number of hydrogen-bond donors (Lipinski definition) is 2.